The third-order valence-corrected chi connectivity index (χ3v) is 2.78. The van der Waals surface area contributed by atoms with Gasteiger partial charge in [0.15, 0.2) is 0 Å². The molecule has 0 bridgehead atoms. The van der Waals surface area contributed by atoms with Crippen molar-refractivity contribution in [3.63, 3.8) is 0 Å². The van der Waals surface area contributed by atoms with Crippen LogP contribution in [0.15, 0.2) is 18.2 Å². The number of fused-ring (bicyclic) bond motifs is 1. The van der Waals surface area contributed by atoms with Crippen LogP contribution in [0, 0.1) is 12.7 Å². The van der Waals surface area contributed by atoms with E-state index in [1.165, 1.54) is 6.07 Å². The predicted molar refractivity (Wildman–Crippen MR) is 60.8 cm³/mol. The number of aromatic nitrogens is 1. The van der Waals surface area contributed by atoms with E-state index in [9.17, 15) is 4.39 Å². The quantitative estimate of drug-likeness (QED) is 0.715. The van der Waals surface area contributed by atoms with E-state index in [4.69, 9.17) is 11.6 Å². The van der Waals surface area contributed by atoms with Crippen molar-refractivity contribution in [3.8, 4) is 0 Å². The third kappa shape index (κ3) is 1.70. The number of pyridine rings is 1. The zero-order valence-corrected chi connectivity index (χ0v) is 9.40. The van der Waals surface area contributed by atoms with Crippen molar-refractivity contribution in [1.29, 1.82) is 0 Å². The standard InChI is InChI=1S/C12H11ClFN/c1-3-8-6-9(13)11-7(2)4-5-10(14)12(11)15-8/h4-6H,3H2,1-2H3. The largest absolute Gasteiger partial charge is 0.250 e. The van der Waals surface area contributed by atoms with Crippen molar-refractivity contribution in [1.82, 2.24) is 4.98 Å². The summed E-state index contributed by atoms with van der Waals surface area (Å²) in [6.45, 7) is 3.87. The van der Waals surface area contributed by atoms with Crippen molar-refractivity contribution >= 4 is 22.5 Å². The summed E-state index contributed by atoms with van der Waals surface area (Å²) >= 11 is 6.11. The molecule has 0 amide bonds. The van der Waals surface area contributed by atoms with Crippen LogP contribution in [-0.2, 0) is 6.42 Å². The number of benzene rings is 1. The third-order valence-electron chi connectivity index (χ3n) is 2.49. The first-order valence-electron chi connectivity index (χ1n) is 4.87. The van der Waals surface area contributed by atoms with Crippen LogP contribution in [0.5, 0.6) is 0 Å². The summed E-state index contributed by atoms with van der Waals surface area (Å²) in [5.74, 6) is -0.312. The number of halogens is 2. The SMILES string of the molecule is CCc1cc(Cl)c2c(C)ccc(F)c2n1. The normalized spacial score (nSPS) is 10.9. The lowest BCUT2D eigenvalue weighted by Gasteiger charge is -2.07. The van der Waals surface area contributed by atoms with Gasteiger partial charge in [0.2, 0.25) is 0 Å². The number of hydrogen-bond acceptors (Lipinski definition) is 1. The molecule has 0 fully saturated rings. The second-order valence-corrected chi connectivity index (χ2v) is 3.94. The predicted octanol–water partition coefficient (Wildman–Crippen LogP) is 3.90. The molecule has 1 aromatic carbocycles. The molecule has 0 saturated carbocycles. The van der Waals surface area contributed by atoms with Gasteiger partial charge in [-0.15, -0.1) is 0 Å². The van der Waals surface area contributed by atoms with Crippen LogP contribution in [-0.4, -0.2) is 4.98 Å². The lowest BCUT2D eigenvalue weighted by molar-refractivity contribution is 0.636. The van der Waals surface area contributed by atoms with Gasteiger partial charge in [0.25, 0.3) is 0 Å². The topological polar surface area (TPSA) is 12.9 Å². The van der Waals surface area contributed by atoms with E-state index < -0.39 is 0 Å². The van der Waals surface area contributed by atoms with E-state index in [1.54, 1.807) is 12.1 Å². The Kier molecular flexibility index (Phi) is 2.61. The van der Waals surface area contributed by atoms with Gasteiger partial charge in [-0.3, -0.25) is 0 Å². The number of hydrogen-bond donors (Lipinski definition) is 0. The highest BCUT2D eigenvalue weighted by molar-refractivity contribution is 6.35. The van der Waals surface area contributed by atoms with Gasteiger partial charge in [0.05, 0.1) is 5.02 Å². The van der Waals surface area contributed by atoms with Crippen LogP contribution in [0.4, 0.5) is 4.39 Å². The molecule has 2 rings (SSSR count). The fourth-order valence-electron chi connectivity index (χ4n) is 1.65. The number of rotatable bonds is 1. The average molecular weight is 224 g/mol. The molecule has 3 heteroatoms. The summed E-state index contributed by atoms with van der Waals surface area (Å²) in [4.78, 5) is 4.26. The highest BCUT2D eigenvalue weighted by Gasteiger charge is 2.09. The lowest BCUT2D eigenvalue weighted by Crippen LogP contribution is -1.93. The van der Waals surface area contributed by atoms with Crippen LogP contribution < -0.4 is 0 Å². The summed E-state index contributed by atoms with van der Waals surface area (Å²) in [5.41, 5.74) is 2.14. The summed E-state index contributed by atoms with van der Waals surface area (Å²) < 4.78 is 13.5. The Labute approximate surface area is 92.9 Å². The lowest BCUT2D eigenvalue weighted by atomic mass is 10.1. The van der Waals surface area contributed by atoms with Crippen molar-refractivity contribution in [2.24, 2.45) is 0 Å². The smallest absolute Gasteiger partial charge is 0.149 e. The van der Waals surface area contributed by atoms with E-state index in [2.05, 4.69) is 4.98 Å². The molecular formula is C12H11ClFN. The van der Waals surface area contributed by atoms with Gasteiger partial charge in [-0.05, 0) is 31.0 Å². The first-order chi connectivity index (χ1) is 7.13. The maximum absolute atomic E-state index is 13.5. The molecule has 0 spiro atoms. The fourth-order valence-corrected chi connectivity index (χ4v) is 2.02. The molecule has 0 N–H and O–H groups in total. The molecule has 78 valence electrons. The van der Waals surface area contributed by atoms with Gasteiger partial charge in [0, 0.05) is 11.1 Å². The summed E-state index contributed by atoms with van der Waals surface area (Å²) in [6, 6.07) is 4.95. The molecule has 0 aliphatic rings. The van der Waals surface area contributed by atoms with Crippen LogP contribution in [0.2, 0.25) is 5.02 Å². The van der Waals surface area contributed by atoms with Crippen LogP contribution in [0.1, 0.15) is 18.2 Å². The average Bonchev–Trinajstić information content (AvgIpc) is 2.23. The minimum Gasteiger partial charge on any atom is -0.250 e. The number of nitrogens with zero attached hydrogens (tertiary/aromatic N) is 1. The van der Waals surface area contributed by atoms with Crippen molar-refractivity contribution < 1.29 is 4.39 Å². The summed E-state index contributed by atoms with van der Waals surface area (Å²) in [5, 5.41) is 1.29. The molecule has 0 atom stereocenters. The minimum absolute atomic E-state index is 0.312. The molecule has 0 saturated heterocycles. The molecule has 1 aromatic heterocycles. The Balaban J connectivity index is 2.90. The van der Waals surface area contributed by atoms with Crippen LogP contribution in [0.25, 0.3) is 10.9 Å². The second-order valence-electron chi connectivity index (χ2n) is 3.54. The first-order valence-corrected chi connectivity index (χ1v) is 5.25. The number of aryl methyl sites for hydroxylation is 2. The Morgan fingerprint density at radius 1 is 1.40 bits per heavy atom. The Morgan fingerprint density at radius 3 is 2.80 bits per heavy atom. The molecule has 0 aliphatic heterocycles. The van der Waals surface area contributed by atoms with E-state index in [1.807, 2.05) is 13.8 Å². The van der Waals surface area contributed by atoms with Gasteiger partial charge in [-0.25, -0.2) is 9.37 Å². The zero-order chi connectivity index (χ0) is 11.0. The Morgan fingerprint density at radius 2 is 2.13 bits per heavy atom. The molecule has 1 heterocycles. The van der Waals surface area contributed by atoms with Crippen LogP contribution >= 0.6 is 11.6 Å². The zero-order valence-electron chi connectivity index (χ0n) is 8.64. The second kappa shape index (κ2) is 3.78. The molecule has 1 nitrogen and oxygen atoms in total. The summed E-state index contributed by atoms with van der Waals surface area (Å²) in [7, 11) is 0. The van der Waals surface area contributed by atoms with Gasteiger partial charge >= 0.3 is 0 Å². The molecule has 0 unspecified atom stereocenters. The Bertz CT molecular complexity index is 523. The van der Waals surface area contributed by atoms with Gasteiger partial charge in [-0.1, -0.05) is 24.6 Å². The highest BCUT2D eigenvalue weighted by Crippen LogP contribution is 2.28. The van der Waals surface area contributed by atoms with E-state index in [0.717, 1.165) is 17.7 Å². The van der Waals surface area contributed by atoms with Gasteiger partial charge in [0.1, 0.15) is 11.3 Å². The maximum atomic E-state index is 13.5. The summed E-state index contributed by atoms with van der Waals surface area (Å²) in [6.07, 6.45) is 0.753. The minimum atomic E-state index is -0.312. The van der Waals surface area contributed by atoms with Gasteiger partial charge in [-0.2, -0.15) is 0 Å². The van der Waals surface area contributed by atoms with E-state index in [-0.39, 0.29) is 5.82 Å². The molecule has 2 aromatic rings. The maximum Gasteiger partial charge on any atom is 0.149 e. The van der Waals surface area contributed by atoms with E-state index >= 15 is 0 Å². The molecule has 0 radical (unpaired) electrons. The molecule has 0 aliphatic carbocycles. The van der Waals surface area contributed by atoms with Crippen LogP contribution in [0.3, 0.4) is 0 Å². The Hall–Kier alpha value is -1.15. The highest BCUT2D eigenvalue weighted by atomic mass is 35.5. The van der Waals surface area contributed by atoms with Crippen molar-refractivity contribution in [2.75, 3.05) is 0 Å². The van der Waals surface area contributed by atoms with Gasteiger partial charge < -0.3 is 0 Å². The van der Waals surface area contributed by atoms with Crippen molar-refractivity contribution in [3.05, 3.63) is 40.3 Å². The molecular weight excluding hydrogens is 213 g/mol. The first kappa shape index (κ1) is 10.4. The molecule has 15 heavy (non-hydrogen) atoms. The van der Waals surface area contributed by atoms with E-state index in [0.29, 0.717) is 15.9 Å². The monoisotopic (exact) mass is 223 g/mol. The fraction of sp³-hybridized carbons (Fsp3) is 0.250. The van der Waals surface area contributed by atoms with Crippen molar-refractivity contribution in [2.45, 2.75) is 20.3 Å².